The summed E-state index contributed by atoms with van der Waals surface area (Å²) in [6, 6.07) is 0. The second kappa shape index (κ2) is 8.50. The zero-order valence-corrected chi connectivity index (χ0v) is 12.1. The number of halogens is 9. The molecule has 24 heavy (non-hydrogen) atoms. The maximum atomic E-state index is 12.2. The molecule has 0 radical (unpaired) electrons. The molecular weight excluding hydrogens is 393 g/mol. The zero-order valence-electron chi connectivity index (χ0n) is 11.3. The van der Waals surface area contributed by atoms with Crippen LogP contribution in [0.25, 0.3) is 0 Å². The van der Waals surface area contributed by atoms with Crippen molar-refractivity contribution in [3.63, 3.8) is 0 Å². The fraction of sp³-hybridized carbons (Fsp3) is 1.00. The molecule has 0 saturated heterocycles. The molecule has 0 aromatic carbocycles. The average molecular weight is 405 g/mol. The number of hydrogen-bond acceptors (Lipinski definition) is 5. The summed E-state index contributed by atoms with van der Waals surface area (Å²) in [5.41, 5.74) is 0. The van der Waals surface area contributed by atoms with Gasteiger partial charge in [0.1, 0.15) is 0 Å². The van der Waals surface area contributed by atoms with Crippen LogP contribution in [0.4, 0.5) is 39.5 Å². The van der Waals surface area contributed by atoms with Crippen LogP contribution < -0.4 is 5.32 Å². The average Bonchev–Trinajstić information content (AvgIpc) is 2.37. The van der Waals surface area contributed by atoms with Gasteiger partial charge in [-0.15, -0.1) is 0 Å². The molecule has 0 aromatic heterocycles. The Morgan fingerprint density at radius 3 is 1.29 bits per heavy atom. The largest absolute Gasteiger partial charge is 0.460 e. The second-order valence-corrected chi connectivity index (χ2v) is 5.30. The highest BCUT2D eigenvalue weighted by Gasteiger charge is 2.85. The first-order chi connectivity index (χ1) is 10.4. The minimum Gasteiger partial charge on any atom is -0.395 e. The molecule has 0 saturated carbocycles. The van der Waals surface area contributed by atoms with Crippen LogP contribution in [0.1, 0.15) is 0 Å². The van der Waals surface area contributed by atoms with Crippen molar-refractivity contribution in [3.05, 3.63) is 0 Å². The van der Waals surface area contributed by atoms with Gasteiger partial charge >= 0.3 is 33.4 Å². The van der Waals surface area contributed by atoms with Gasteiger partial charge in [0.2, 0.25) is 0 Å². The quantitative estimate of drug-likeness (QED) is 0.285. The molecule has 0 spiro atoms. The van der Waals surface area contributed by atoms with Gasteiger partial charge in [-0.1, -0.05) is 0 Å². The smallest absolute Gasteiger partial charge is 0.395 e. The zero-order chi connectivity index (χ0) is 20.0. The Labute approximate surface area is 129 Å². The SMILES string of the molecule is O=S(=O)(O)C(F)(F)C(F)(F)C(F)(F)C(F)(F)F.OCCNCCO. The Morgan fingerprint density at radius 1 is 0.750 bits per heavy atom. The molecule has 0 bridgehead atoms. The van der Waals surface area contributed by atoms with Gasteiger partial charge in [-0.3, -0.25) is 4.55 Å². The van der Waals surface area contributed by atoms with Crippen LogP contribution in [0.3, 0.4) is 0 Å². The van der Waals surface area contributed by atoms with Gasteiger partial charge in [-0.25, -0.2) is 0 Å². The minimum atomic E-state index is -7.37. The summed E-state index contributed by atoms with van der Waals surface area (Å²) in [5, 5.41) is 12.1. The van der Waals surface area contributed by atoms with E-state index in [0.717, 1.165) is 0 Å². The number of hydrogen-bond donors (Lipinski definition) is 4. The molecule has 4 N–H and O–H groups in total. The first kappa shape index (κ1) is 25.4. The maximum absolute atomic E-state index is 12.2. The summed E-state index contributed by atoms with van der Waals surface area (Å²) < 4.78 is 134. The number of aliphatic hydroxyl groups excluding tert-OH is 2. The van der Waals surface area contributed by atoms with E-state index in [9.17, 15) is 47.9 Å². The molecular formula is C8H12F9NO5S. The van der Waals surface area contributed by atoms with Gasteiger partial charge < -0.3 is 15.5 Å². The summed E-state index contributed by atoms with van der Waals surface area (Å²) in [6.07, 6.45) is -7.13. The van der Waals surface area contributed by atoms with Crippen LogP contribution >= 0.6 is 0 Å². The van der Waals surface area contributed by atoms with Gasteiger partial charge in [0.05, 0.1) is 13.2 Å². The van der Waals surface area contributed by atoms with Crippen LogP contribution in [0.5, 0.6) is 0 Å². The summed E-state index contributed by atoms with van der Waals surface area (Å²) in [4.78, 5) is 0. The molecule has 0 aliphatic heterocycles. The van der Waals surface area contributed by atoms with E-state index < -0.39 is 33.4 Å². The lowest BCUT2D eigenvalue weighted by Gasteiger charge is -2.31. The van der Waals surface area contributed by atoms with Gasteiger partial charge in [0.15, 0.2) is 0 Å². The Bertz CT molecular complexity index is 475. The van der Waals surface area contributed by atoms with Crippen molar-refractivity contribution in [1.29, 1.82) is 0 Å². The van der Waals surface area contributed by atoms with Gasteiger partial charge in [-0.05, 0) is 0 Å². The normalized spacial score (nSPS) is 14.2. The van der Waals surface area contributed by atoms with Crippen LogP contribution in [0, 0.1) is 0 Å². The molecule has 0 aliphatic carbocycles. The van der Waals surface area contributed by atoms with E-state index in [1.54, 1.807) is 0 Å². The van der Waals surface area contributed by atoms with Crippen molar-refractivity contribution in [2.75, 3.05) is 26.3 Å². The van der Waals surface area contributed by atoms with E-state index in [2.05, 4.69) is 5.32 Å². The van der Waals surface area contributed by atoms with E-state index in [-0.39, 0.29) is 13.2 Å². The number of alkyl halides is 9. The van der Waals surface area contributed by atoms with Gasteiger partial charge in [0.25, 0.3) is 0 Å². The summed E-state index contributed by atoms with van der Waals surface area (Å²) in [7, 11) is -7.17. The first-order valence-electron chi connectivity index (χ1n) is 5.51. The second-order valence-electron chi connectivity index (χ2n) is 3.84. The molecule has 0 fully saturated rings. The highest BCUT2D eigenvalue weighted by molar-refractivity contribution is 7.87. The molecule has 0 atom stereocenters. The molecule has 0 aliphatic rings. The minimum absolute atomic E-state index is 0.139. The van der Waals surface area contributed by atoms with E-state index in [1.165, 1.54) is 0 Å². The molecule has 0 rings (SSSR count). The Morgan fingerprint density at radius 2 is 1.08 bits per heavy atom. The van der Waals surface area contributed by atoms with Crippen molar-refractivity contribution in [2.24, 2.45) is 0 Å². The van der Waals surface area contributed by atoms with E-state index in [0.29, 0.717) is 13.1 Å². The molecule has 148 valence electrons. The third kappa shape index (κ3) is 5.61. The lowest BCUT2D eigenvalue weighted by molar-refractivity contribution is -0.382. The van der Waals surface area contributed by atoms with Crippen LogP contribution in [-0.2, 0) is 10.1 Å². The Balaban J connectivity index is 0. The van der Waals surface area contributed by atoms with Crippen molar-refractivity contribution in [3.8, 4) is 0 Å². The van der Waals surface area contributed by atoms with Crippen molar-refractivity contribution in [2.45, 2.75) is 23.3 Å². The standard InChI is InChI=1S/C4HF9O3S.C4H11NO2/c5-1(6,3(9,10)11)2(7,8)4(12,13)17(14,15)16;6-3-1-5-2-4-7/h(H,14,15,16);5-7H,1-4H2. The highest BCUT2D eigenvalue weighted by Crippen LogP contribution is 2.54. The molecule has 6 nitrogen and oxygen atoms in total. The molecule has 0 unspecified atom stereocenters. The Hall–Kier alpha value is -0.840. The van der Waals surface area contributed by atoms with E-state index >= 15 is 0 Å². The Kier molecular flexibility index (Phi) is 9.00. The summed E-state index contributed by atoms with van der Waals surface area (Å²) in [6.45, 7) is 1.42. The number of rotatable bonds is 7. The lowest BCUT2D eigenvalue weighted by Crippen LogP contribution is -2.63. The highest BCUT2D eigenvalue weighted by atomic mass is 32.2. The van der Waals surface area contributed by atoms with Crippen LogP contribution in [0.15, 0.2) is 0 Å². The third-order valence-corrected chi connectivity index (χ3v) is 2.92. The van der Waals surface area contributed by atoms with Gasteiger partial charge in [-0.2, -0.15) is 47.9 Å². The maximum Gasteiger partial charge on any atom is 0.460 e. The van der Waals surface area contributed by atoms with E-state index in [1.807, 2.05) is 0 Å². The molecule has 16 heteroatoms. The predicted octanol–water partition coefficient (Wildman–Crippen LogP) is 0.861. The summed E-state index contributed by atoms with van der Waals surface area (Å²) in [5.74, 6) is -14.7. The topological polar surface area (TPSA) is 107 Å². The molecule has 0 heterocycles. The van der Waals surface area contributed by atoms with Crippen molar-refractivity contribution < 1.29 is 62.7 Å². The van der Waals surface area contributed by atoms with Crippen LogP contribution in [-0.4, -0.2) is 72.8 Å². The predicted molar refractivity (Wildman–Crippen MR) is 59.5 cm³/mol. The van der Waals surface area contributed by atoms with Crippen molar-refractivity contribution >= 4 is 10.1 Å². The first-order valence-corrected chi connectivity index (χ1v) is 6.95. The summed E-state index contributed by atoms with van der Waals surface area (Å²) >= 11 is 0. The lowest BCUT2D eigenvalue weighted by atomic mass is 10.1. The van der Waals surface area contributed by atoms with E-state index in [4.69, 9.17) is 14.8 Å². The molecule has 0 amide bonds. The number of nitrogens with one attached hydrogen (secondary N) is 1. The van der Waals surface area contributed by atoms with Crippen LogP contribution in [0.2, 0.25) is 0 Å². The monoisotopic (exact) mass is 405 g/mol. The van der Waals surface area contributed by atoms with Gasteiger partial charge in [0, 0.05) is 13.1 Å². The fourth-order valence-electron chi connectivity index (χ4n) is 0.806. The van der Waals surface area contributed by atoms with Crippen molar-refractivity contribution in [1.82, 2.24) is 5.32 Å². The number of aliphatic hydroxyl groups is 2. The fourth-order valence-corrected chi connectivity index (χ4v) is 1.26. The molecule has 0 aromatic rings. The third-order valence-electron chi connectivity index (χ3n) is 2.02.